The molecule has 0 saturated carbocycles. The third-order valence-corrected chi connectivity index (χ3v) is 2.71. The van der Waals surface area contributed by atoms with Gasteiger partial charge in [-0.2, -0.15) is 26.3 Å². The maximum atomic E-state index is 12.9. The number of nitrogen functional groups attached to an aromatic ring is 2. The lowest BCUT2D eigenvalue weighted by Gasteiger charge is -2.13. The van der Waals surface area contributed by atoms with E-state index in [-0.39, 0.29) is 22.8 Å². The van der Waals surface area contributed by atoms with E-state index in [1.807, 2.05) is 0 Å². The van der Waals surface area contributed by atoms with Gasteiger partial charge < -0.3 is 16.6 Å². The zero-order valence-electron chi connectivity index (χ0n) is 12.2. The summed E-state index contributed by atoms with van der Waals surface area (Å²) in [5, 5.41) is 7.12. The fourth-order valence-corrected chi connectivity index (χ4v) is 1.68. The molecule has 0 amide bonds. The summed E-state index contributed by atoms with van der Waals surface area (Å²) in [5.74, 6) is -2.61. The van der Waals surface area contributed by atoms with Crippen LogP contribution in [-0.2, 0) is 11.0 Å². The second-order valence-corrected chi connectivity index (χ2v) is 4.52. The van der Waals surface area contributed by atoms with Crippen LogP contribution < -0.4 is 11.5 Å². The van der Waals surface area contributed by atoms with Crippen molar-refractivity contribution in [1.82, 2.24) is 4.98 Å². The maximum Gasteiger partial charge on any atom is 0.490 e. The number of aliphatic carboxylic acids is 1. The summed E-state index contributed by atoms with van der Waals surface area (Å²) in [7, 11) is 0. The number of carboxylic acids is 1. The molecule has 0 saturated heterocycles. The highest BCUT2D eigenvalue weighted by Gasteiger charge is 2.38. The summed E-state index contributed by atoms with van der Waals surface area (Å²) >= 11 is 0. The van der Waals surface area contributed by atoms with Crippen molar-refractivity contribution < 1.29 is 36.2 Å². The minimum Gasteiger partial charge on any atom is -0.475 e. The monoisotopic (exact) mass is 367 g/mol. The molecule has 0 aliphatic carbocycles. The van der Waals surface area contributed by atoms with Crippen molar-refractivity contribution in [2.24, 2.45) is 0 Å². The van der Waals surface area contributed by atoms with E-state index in [9.17, 15) is 26.3 Å². The molecule has 5 N–H and O–H groups in total. The lowest BCUT2D eigenvalue weighted by atomic mass is 10.00. The van der Waals surface area contributed by atoms with Crippen molar-refractivity contribution in [2.45, 2.75) is 12.4 Å². The van der Waals surface area contributed by atoms with Gasteiger partial charge in [-0.25, -0.2) is 9.78 Å². The Morgan fingerprint density at radius 3 is 1.88 bits per heavy atom. The number of aromatic nitrogens is 1. The van der Waals surface area contributed by atoms with Gasteiger partial charge in [-0.05, 0) is 23.8 Å². The first-order valence-electron chi connectivity index (χ1n) is 6.32. The van der Waals surface area contributed by atoms with Crippen molar-refractivity contribution >= 4 is 17.6 Å². The average molecular weight is 367 g/mol. The SMILES string of the molecule is Nc1ccc(-c2ccccc2C(F)(F)F)c(N)n1.O=C(O)C(F)(F)F. The zero-order chi connectivity index (χ0) is 19.4. The fraction of sp³-hybridized carbons (Fsp3) is 0.143. The van der Waals surface area contributed by atoms with Crippen LogP contribution in [-0.4, -0.2) is 22.2 Å². The van der Waals surface area contributed by atoms with Crippen LogP contribution in [0, 0.1) is 0 Å². The molecule has 25 heavy (non-hydrogen) atoms. The zero-order valence-corrected chi connectivity index (χ0v) is 12.2. The molecule has 0 aliphatic rings. The highest BCUT2D eigenvalue weighted by molar-refractivity contribution is 5.77. The van der Waals surface area contributed by atoms with E-state index in [0.29, 0.717) is 0 Å². The lowest BCUT2D eigenvalue weighted by molar-refractivity contribution is -0.192. The third-order valence-electron chi connectivity index (χ3n) is 2.71. The number of benzene rings is 1. The van der Waals surface area contributed by atoms with Crippen LogP contribution in [0.1, 0.15) is 5.56 Å². The molecule has 2 aromatic rings. The number of carbonyl (C=O) groups is 1. The number of hydrogen-bond acceptors (Lipinski definition) is 4. The molecule has 0 aliphatic heterocycles. The van der Waals surface area contributed by atoms with E-state index in [1.165, 1.54) is 30.3 Å². The molecule has 1 aromatic carbocycles. The summed E-state index contributed by atoms with van der Waals surface area (Å²) < 4.78 is 70.3. The van der Waals surface area contributed by atoms with Crippen LogP contribution in [0.4, 0.5) is 38.0 Å². The van der Waals surface area contributed by atoms with Crippen molar-refractivity contribution in [3.8, 4) is 11.1 Å². The predicted molar refractivity (Wildman–Crippen MR) is 77.2 cm³/mol. The Morgan fingerprint density at radius 1 is 0.920 bits per heavy atom. The number of nitrogens with zero attached hydrogens (tertiary/aromatic N) is 1. The topological polar surface area (TPSA) is 102 Å². The molecule has 0 spiro atoms. The molecule has 1 heterocycles. The van der Waals surface area contributed by atoms with E-state index >= 15 is 0 Å². The number of hydrogen-bond donors (Lipinski definition) is 3. The minimum absolute atomic E-state index is 0.00463. The molecule has 0 bridgehead atoms. The molecule has 0 fully saturated rings. The van der Waals surface area contributed by atoms with Crippen LogP contribution in [0.15, 0.2) is 36.4 Å². The number of pyridine rings is 1. The minimum atomic E-state index is -5.08. The largest absolute Gasteiger partial charge is 0.490 e. The van der Waals surface area contributed by atoms with E-state index < -0.39 is 23.9 Å². The molecule has 11 heteroatoms. The van der Waals surface area contributed by atoms with Crippen LogP contribution in [0.5, 0.6) is 0 Å². The van der Waals surface area contributed by atoms with Crippen molar-refractivity contribution in [1.29, 1.82) is 0 Å². The van der Waals surface area contributed by atoms with Gasteiger partial charge in [-0.1, -0.05) is 18.2 Å². The summed E-state index contributed by atoms with van der Waals surface area (Å²) in [5.41, 5.74) is 10.5. The molecule has 5 nitrogen and oxygen atoms in total. The molecule has 0 unspecified atom stereocenters. The smallest absolute Gasteiger partial charge is 0.475 e. The normalized spacial score (nSPS) is 11.4. The summed E-state index contributed by atoms with van der Waals surface area (Å²) in [6, 6.07) is 8.05. The van der Waals surface area contributed by atoms with Gasteiger partial charge in [0, 0.05) is 5.56 Å². The van der Waals surface area contributed by atoms with Crippen LogP contribution >= 0.6 is 0 Å². The van der Waals surface area contributed by atoms with E-state index in [2.05, 4.69) is 4.98 Å². The molecular formula is C14H11F6N3O2. The number of alkyl halides is 6. The van der Waals surface area contributed by atoms with Gasteiger partial charge in [0.05, 0.1) is 5.56 Å². The Morgan fingerprint density at radius 2 is 1.44 bits per heavy atom. The van der Waals surface area contributed by atoms with Gasteiger partial charge in [0.25, 0.3) is 0 Å². The number of carboxylic acid groups (broad SMARTS) is 1. The van der Waals surface area contributed by atoms with Crippen LogP contribution in [0.2, 0.25) is 0 Å². The first-order chi connectivity index (χ1) is 11.3. The molecule has 0 atom stereocenters. The number of nitrogens with two attached hydrogens (primary N) is 2. The van der Waals surface area contributed by atoms with Gasteiger partial charge in [0.15, 0.2) is 0 Å². The second-order valence-electron chi connectivity index (χ2n) is 4.52. The van der Waals surface area contributed by atoms with Crippen molar-refractivity contribution in [3.63, 3.8) is 0 Å². The highest BCUT2D eigenvalue weighted by atomic mass is 19.4. The Kier molecular flexibility index (Phi) is 5.84. The number of rotatable bonds is 1. The van der Waals surface area contributed by atoms with Crippen LogP contribution in [0.25, 0.3) is 11.1 Å². The predicted octanol–water partition coefficient (Wildman–Crippen LogP) is 3.57. The quantitative estimate of drug-likeness (QED) is 0.669. The Balaban J connectivity index is 0.000000381. The second kappa shape index (κ2) is 7.28. The van der Waals surface area contributed by atoms with Gasteiger partial charge in [-0.15, -0.1) is 0 Å². The third kappa shape index (κ3) is 5.55. The van der Waals surface area contributed by atoms with E-state index in [1.54, 1.807) is 0 Å². The Labute approximate surface area is 136 Å². The number of anilines is 2. The first-order valence-corrected chi connectivity index (χ1v) is 6.32. The molecule has 0 radical (unpaired) electrons. The standard InChI is InChI=1S/C12H10F3N3.C2HF3O2/c13-12(14,15)9-4-2-1-3-7(9)8-5-6-10(16)18-11(8)17;3-2(4,5)1(6)7/h1-6H,(H4,16,17,18);(H,6,7). The summed E-state index contributed by atoms with van der Waals surface area (Å²) in [6.45, 7) is 0. The summed E-state index contributed by atoms with van der Waals surface area (Å²) in [6.07, 6.45) is -9.52. The van der Waals surface area contributed by atoms with Crippen molar-refractivity contribution in [3.05, 3.63) is 42.0 Å². The Hall–Kier alpha value is -2.98. The van der Waals surface area contributed by atoms with Gasteiger partial charge in [-0.3, -0.25) is 0 Å². The molecular weight excluding hydrogens is 356 g/mol. The van der Waals surface area contributed by atoms with E-state index in [4.69, 9.17) is 21.4 Å². The number of halogens is 6. The van der Waals surface area contributed by atoms with Gasteiger partial charge in [0.2, 0.25) is 0 Å². The van der Waals surface area contributed by atoms with Gasteiger partial charge in [0.1, 0.15) is 11.6 Å². The molecule has 136 valence electrons. The van der Waals surface area contributed by atoms with E-state index in [0.717, 1.165) is 6.07 Å². The Bertz CT molecular complexity index is 759. The van der Waals surface area contributed by atoms with Crippen molar-refractivity contribution in [2.75, 3.05) is 11.5 Å². The highest BCUT2D eigenvalue weighted by Crippen LogP contribution is 2.38. The average Bonchev–Trinajstić information content (AvgIpc) is 2.46. The van der Waals surface area contributed by atoms with Crippen LogP contribution in [0.3, 0.4) is 0 Å². The first kappa shape index (κ1) is 20.1. The van der Waals surface area contributed by atoms with Gasteiger partial charge >= 0.3 is 18.3 Å². The fourth-order valence-electron chi connectivity index (χ4n) is 1.68. The lowest BCUT2D eigenvalue weighted by Crippen LogP contribution is -2.21. The molecule has 2 rings (SSSR count). The molecule has 1 aromatic heterocycles. The summed E-state index contributed by atoms with van der Waals surface area (Å²) in [4.78, 5) is 12.7. The maximum absolute atomic E-state index is 12.9.